The van der Waals surface area contributed by atoms with Crippen LogP contribution in [-0.4, -0.2) is 19.0 Å². The van der Waals surface area contributed by atoms with Gasteiger partial charge in [-0.05, 0) is 18.8 Å². The smallest absolute Gasteiger partial charge is 0.188 e. The summed E-state index contributed by atoms with van der Waals surface area (Å²) in [5.41, 5.74) is 5.71. The molecule has 0 spiro atoms. The summed E-state index contributed by atoms with van der Waals surface area (Å²) in [5.74, 6) is 1.54. The van der Waals surface area contributed by atoms with Crippen molar-refractivity contribution < 1.29 is 0 Å². The van der Waals surface area contributed by atoms with Gasteiger partial charge in [0.2, 0.25) is 0 Å². The zero-order valence-electron chi connectivity index (χ0n) is 9.97. The Hall–Kier alpha value is -0.730. The number of hydrogen-bond donors (Lipinski definition) is 2. The topological polar surface area (TPSA) is 50.4 Å². The molecule has 0 aromatic rings. The predicted molar refractivity (Wildman–Crippen MR) is 66.0 cm³/mol. The van der Waals surface area contributed by atoms with E-state index in [2.05, 4.69) is 17.2 Å². The Balaban J connectivity index is 2.04. The maximum Gasteiger partial charge on any atom is 0.188 e. The van der Waals surface area contributed by atoms with Gasteiger partial charge in [-0.3, -0.25) is 4.99 Å². The van der Waals surface area contributed by atoms with E-state index in [0.717, 1.165) is 25.4 Å². The molecule has 3 nitrogen and oxygen atoms in total. The van der Waals surface area contributed by atoms with Gasteiger partial charge in [0.15, 0.2) is 5.96 Å². The number of guanidine groups is 1. The second-order valence-electron chi connectivity index (χ2n) is 4.49. The third-order valence-electron chi connectivity index (χ3n) is 3.09. The van der Waals surface area contributed by atoms with Crippen LogP contribution in [0, 0.1) is 5.92 Å². The molecule has 0 unspecified atom stereocenters. The summed E-state index contributed by atoms with van der Waals surface area (Å²) >= 11 is 0. The minimum absolute atomic E-state index is 0.618. The van der Waals surface area contributed by atoms with Gasteiger partial charge < -0.3 is 11.1 Å². The average Bonchev–Trinajstić information content (AvgIpc) is 2.28. The fraction of sp³-hybridized carbons (Fsp3) is 0.917. The Kier molecular flexibility index (Phi) is 6.21. The molecule has 0 atom stereocenters. The van der Waals surface area contributed by atoms with Gasteiger partial charge in [-0.15, -0.1) is 0 Å². The lowest BCUT2D eigenvalue weighted by atomic mass is 9.87. The Labute approximate surface area is 93.5 Å². The summed E-state index contributed by atoms with van der Waals surface area (Å²) in [7, 11) is 0. The zero-order chi connectivity index (χ0) is 10.9. The van der Waals surface area contributed by atoms with Crippen LogP contribution >= 0.6 is 0 Å². The van der Waals surface area contributed by atoms with Gasteiger partial charge in [-0.2, -0.15) is 0 Å². The second-order valence-corrected chi connectivity index (χ2v) is 4.49. The molecule has 0 aromatic heterocycles. The van der Waals surface area contributed by atoms with Crippen molar-refractivity contribution in [1.82, 2.24) is 5.32 Å². The van der Waals surface area contributed by atoms with Crippen molar-refractivity contribution in [3.8, 4) is 0 Å². The van der Waals surface area contributed by atoms with Crippen LogP contribution in [-0.2, 0) is 0 Å². The van der Waals surface area contributed by atoms with E-state index >= 15 is 0 Å². The number of nitrogens with two attached hydrogens (primary N) is 1. The molecule has 1 saturated carbocycles. The van der Waals surface area contributed by atoms with Crippen molar-refractivity contribution in [3.05, 3.63) is 0 Å². The van der Waals surface area contributed by atoms with Crippen LogP contribution < -0.4 is 11.1 Å². The number of nitrogens with zero attached hydrogens (tertiary/aromatic N) is 1. The van der Waals surface area contributed by atoms with E-state index in [0.29, 0.717) is 5.96 Å². The Morgan fingerprint density at radius 3 is 2.73 bits per heavy atom. The van der Waals surface area contributed by atoms with E-state index in [9.17, 15) is 0 Å². The summed E-state index contributed by atoms with van der Waals surface area (Å²) < 4.78 is 0. The monoisotopic (exact) mass is 211 g/mol. The first-order valence-electron chi connectivity index (χ1n) is 6.36. The molecule has 0 aliphatic heterocycles. The Morgan fingerprint density at radius 2 is 2.07 bits per heavy atom. The van der Waals surface area contributed by atoms with E-state index in [1.54, 1.807) is 0 Å². The third-order valence-corrected chi connectivity index (χ3v) is 3.09. The van der Waals surface area contributed by atoms with Crippen molar-refractivity contribution in [1.29, 1.82) is 0 Å². The molecule has 0 saturated heterocycles. The van der Waals surface area contributed by atoms with Gasteiger partial charge in [0.25, 0.3) is 0 Å². The highest BCUT2D eigenvalue weighted by Crippen LogP contribution is 2.25. The molecule has 3 N–H and O–H groups in total. The summed E-state index contributed by atoms with van der Waals surface area (Å²) in [6, 6.07) is 0. The summed E-state index contributed by atoms with van der Waals surface area (Å²) in [6.45, 7) is 3.94. The van der Waals surface area contributed by atoms with Gasteiger partial charge in [0.05, 0.1) is 0 Å². The molecule has 1 aliphatic carbocycles. The molecule has 15 heavy (non-hydrogen) atoms. The molecule has 0 aromatic carbocycles. The quantitative estimate of drug-likeness (QED) is 0.541. The largest absolute Gasteiger partial charge is 0.370 e. The third kappa shape index (κ3) is 5.65. The van der Waals surface area contributed by atoms with Crippen LogP contribution in [0.3, 0.4) is 0 Å². The maximum absolute atomic E-state index is 5.71. The molecule has 3 heteroatoms. The summed E-state index contributed by atoms with van der Waals surface area (Å²) in [4.78, 5) is 4.21. The van der Waals surface area contributed by atoms with Gasteiger partial charge in [0.1, 0.15) is 0 Å². The van der Waals surface area contributed by atoms with Crippen LogP contribution in [0.25, 0.3) is 0 Å². The van der Waals surface area contributed by atoms with Gasteiger partial charge >= 0.3 is 0 Å². The van der Waals surface area contributed by atoms with E-state index < -0.39 is 0 Å². The van der Waals surface area contributed by atoms with Crippen LogP contribution in [0.4, 0.5) is 0 Å². The van der Waals surface area contributed by atoms with Crippen molar-refractivity contribution in [2.45, 2.75) is 51.9 Å². The lowest BCUT2D eigenvalue weighted by Crippen LogP contribution is -2.33. The standard InChI is InChI=1S/C12H25N3/c1-2-9-14-12(13)15-10-8-11-6-4-3-5-7-11/h11H,2-10H2,1H3,(H3,13,14,15). The van der Waals surface area contributed by atoms with Crippen molar-refractivity contribution in [2.24, 2.45) is 16.6 Å². The van der Waals surface area contributed by atoms with Gasteiger partial charge in [-0.25, -0.2) is 0 Å². The molecular weight excluding hydrogens is 186 g/mol. The molecule has 0 amide bonds. The molecule has 0 bridgehead atoms. The molecule has 88 valence electrons. The highest BCUT2D eigenvalue weighted by molar-refractivity contribution is 5.77. The number of aliphatic imine (C=N–C) groups is 1. The Bertz CT molecular complexity index is 183. The highest BCUT2D eigenvalue weighted by atomic mass is 15.1. The second kappa shape index (κ2) is 7.55. The van der Waals surface area contributed by atoms with Gasteiger partial charge in [-0.1, -0.05) is 39.0 Å². The average molecular weight is 211 g/mol. The molecule has 0 radical (unpaired) electrons. The lowest BCUT2D eigenvalue weighted by molar-refractivity contribution is 0.339. The molecule has 1 rings (SSSR count). The van der Waals surface area contributed by atoms with Gasteiger partial charge in [0, 0.05) is 13.1 Å². The molecule has 0 heterocycles. The zero-order valence-corrected chi connectivity index (χ0v) is 9.97. The van der Waals surface area contributed by atoms with Crippen molar-refractivity contribution >= 4 is 5.96 Å². The summed E-state index contributed by atoms with van der Waals surface area (Å²) in [6.07, 6.45) is 9.41. The number of nitrogens with one attached hydrogen (secondary N) is 1. The SMILES string of the molecule is CCCN=C(N)NCCC1CCCCC1. The first kappa shape index (κ1) is 12.3. The fourth-order valence-electron chi connectivity index (χ4n) is 2.17. The van der Waals surface area contributed by atoms with E-state index in [1.165, 1.54) is 38.5 Å². The number of rotatable bonds is 5. The molecule has 1 aliphatic rings. The van der Waals surface area contributed by atoms with E-state index in [-0.39, 0.29) is 0 Å². The minimum Gasteiger partial charge on any atom is -0.370 e. The first-order chi connectivity index (χ1) is 7.33. The Morgan fingerprint density at radius 1 is 1.33 bits per heavy atom. The predicted octanol–water partition coefficient (Wildman–Crippen LogP) is 2.27. The van der Waals surface area contributed by atoms with Crippen molar-refractivity contribution in [3.63, 3.8) is 0 Å². The first-order valence-corrected chi connectivity index (χ1v) is 6.36. The fourth-order valence-corrected chi connectivity index (χ4v) is 2.17. The molecule has 1 fully saturated rings. The summed E-state index contributed by atoms with van der Waals surface area (Å²) in [5, 5.41) is 3.19. The van der Waals surface area contributed by atoms with Crippen molar-refractivity contribution in [2.75, 3.05) is 13.1 Å². The van der Waals surface area contributed by atoms with Crippen LogP contribution in [0.2, 0.25) is 0 Å². The van der Waals surface area contributed by atoms with E-state index in [1.807, 2.05) is 0 Å². The molecular formula is C12H25N3. The van der Waals surface area contributed by atoms with E-state index in [4.69, 9.17) is 5.73 Å². The number of hydrogen-bond acceptors (Lipinski definition) is 1. The minimum atomic E-state index is 0.618. The van der Waals surface area contributed by atoms with Crippen LogP contribution in [0.1, 0.15) is 51.9 Å². The lowest BCUT2D eigenvalue weighted by Gasteiger charge is -2.21. The van der Waals surface area contributed by atoms with Crippen LogP contribution in [0.15, 0.2) is 4.99 Å². The van der Waals surface area contributed by atoms with Crippen LogP contribution in [0.5, 0.6) is 0 Å². The highest BCUT2D eigenvalue weighted by Gasteiger charge is 2.12. The maximum atomic E-state index is 5.71. The normalized spacial score (nSPS) is 19.1.